The van der Waals surface area contributed by atoms with Crippen LogP contribution in [-0.2, 0) is 4.79 Å². The molecule has 0 saturated heterocycles. The van der Waals surface area contributed by atoms with Gasteiger partial charge in [0.1, 0.15) is 0 Å². The summed E-state index contributed by atoms with van der Waals surface area (Å²) in [6.07, 6.45) is 88.7. The van der Waals surface area contributed by atoms with E-state index in [1.165, 1.54) is 212 Å². The van der Waals surface area contributed by atoms with E-state index < -0.39 is 12.1 Å². The molecule has 0 aromatic heterocycles. The summed E-state index contributed by atoms with van der Waals surface area (Å²) in [4.78, 5) is 12.5. The lowest BCUT2D eigenvalue weighted by molar-refractivity contribution is -0.123. The average Bonchev–Trinajstić information content (AvgIpc) is 3.36. The van der Waals surface area contributed by atoms with E-state index in [1.54, 1.807) is 0 Å². The molecule has 0 rings (SSSR count). The molecule has 406 valence electrons. The van der Waals surface area contributed by atoms with Crippen LogP contribution in [0.2, 0.25) is 0 Å². The number of allylic oxidation sites excluding steroid dienone is 14. The quantitative estimate of drug-likeness (QED) is 0.0420. The molecule has 0 aromatic rings. The summed E-state index contributed by atoms with van der Waals surface area (Å²) in [5, 5.41) is 23.4. The van der Waals surface area contributed by atoms with E-state index in [2.05, 4.69) is 104 Å². The van der Waals surface area contributed by atoms with Crippen molar-refractivity contribution in [3.05, 3.63) is 85.1 Å². The zero-order chi connectivity index (χ0) is 50.6. The minimum atomic E-state index is -0.667. The van der Waals surface area contributed by atoms with E-state index in [1.807, 2.05) is 0 Å². The van der Waals surface area contributed by atoms with Gasteiger partial charge in [-0.3, -0.25) is 4.79 Å². The van der Waals surface area contributed by atoms with Crippen LogP contribution in [0.1, 0.15) is 309 Å². The van der Waals surface area contributed by atoms with Gasteiger partial charge in [0.15, 0.2) is 0 Å². The van der Waals surface area contributed by atoms with Gasteiger partial charge in [-0.1, -0.05) is 317 Å². The van der Waals surface area contributed by atoms with Crippen LogP contribution in [0.4, 0.5) is 0 Å². The van der Waals surface area contributed by atoms with Crippen LogP contribution in [0, 0.1) is 0 Å². The summed E-state index contributed by atoms with van der Waals surface area (Å²) in [6, 6.07) is -0.544. The van der Waals surface area contributed by atoms with Crippen molar-refractivity contribution in [2.45, 2.75) is 321 Å². The SMILES string of the molecule is CC/C=C\C/C=C\C/C=C\C/C=C\C/C=C\C/C=C\C/C=C\CCCCCCCCCCCCCC(=O)NC(CO)C(O)CCCCCCCCCCCCCCCCCCCCCCCCCCC. The van der Waals surface area contributed by atoms with Crippen LogP contribution >= 0.6 is 0 Å². The lowest BCUT2D eigenvalue weighted by atomic mass is 10.0. The number of aliphatic hydroxyl groups excluding tert-OH is 2. The number of carbonyl (C=O) groups is 1. The lowest BCUT2D eigenvalue weighted by Crippen LogP contribution is -2.45. The average molecular weight is 975 g/mol. The minimum Gasteiger partial charge on any atom is -0.394 e. The van der Waals surface area contributed by atoms with Crippen molar-refractivity contribution in [3.8, 4) is 0 Å². The van der Waals surface area contributed by atoms with Crippen LogP contribution < -0.4 is 5.32 Å². The van der Waals surface area contributed by atoms with Crippen molar-refractivity contribution in [2.75, 3.05) is 6.61 Å². The molecule has 0 fully saturated rings. The van der Waals surface area contributed by atoms with Gasteiger partial charge < -0.3 is 15.5 Å². The number of unbranched alkanes of at least 4 members (excludes halogenated alkanes) is 35. The first kappa shape index (κ1) is 67.6. The fraction of sp³-hybridized carbons (Fsp3) is 0.773. The smallest absolute Gasteiger partial charge is 0.220 e. The maximum Gasteiger partial charge on any atom is 0.220 e. The fourth-order valence-corrected chi connectivity index (χ4v) is 9.29. The summed E-state index contributed by atoms with van der Waals surface area (Å²) in [5.41, 5.74) is 0. The van der Waals surface area contributed by atoms with Crippen molar-refractivity contribution in [3.63, 3.8) is 0 Å². The normalized spacial score (nSPS) is 13.4. The molecule has 0 aromatic carbocycles. The molecule has 1 amide bonds. The minimum absolute atomic E-state index is 0.0340. The van der Waals surface area contributed by atoms with Crippen molar-refractivity contribution in [2.24, 2.45) is 0 Å². The molecule has 0 aliphatic carbocycles. The predicted octanol–water partition coefficient (Wildman–Crippen LogP) is 20.7. The monoisotopic (exact) mass is 974 g/mol. The summed E-state index contributed by atoms with van der Waals surface area (Å²) in [6.45, 7) is 4.27. The van der Waals surface area contributed by atoms with E-state index >= 15 is 0 Å². The molecule has 70 heavy (non-hydrogen) atoms. The molecule has 2 unspecified atom stereocenters. The molecule has 4 heteroatoms. The van der Waals surface area contributed by atoms with Gasteiger partial charge in [-0.15, -0.1) is 0 Å². The Hall–Kier alpha value is -2.43. The molecule has 2 atom stereocenters. The summed E-state index contributed by atoms with van der Waals surface area (Å²) < 4.78 is 0. The number of hydrogen-bond donors (Lipinski definition) is 3. The zero-order valence-corrected chi connectivity index (χ0v) is 46.8. The molecule has 3 N–H and O–H groups in total. The van der Waals surface area contributed by atoms with Crippen LogP contribution in [0.15, 0.2) is 85.1 Å². The number of nitrogens with one attached hydrogen (secondary N) is 1. The first-order valence-electron chi connectivity index (χ1n) is 30.8. The number of rotatable bonds is 56. The first-order valence-corrected chi connectivity index (χ1v) is 30.8. The Morgan fingerprint density at radius 2 is 0.629 bits per heavy atom. The van der Waals surface area contributed by atoms with E-state index in [9.17, 15) is 15.0 Å². The van der Waals surface area contributed by atoms with Gasteiger partial charge in [-0.05, 0) is 70.6 Å². The summed E-state index contributed by atoms with van der Waals surface area (Å²) >= 11 is 0. The Bertz CT molecular complexity index is 1240. The van der Waals surface area contributed by atoms with E-state index in [0.717, 1.165) is 70.6 Å². The summed E-state index contributed by atoms with van der Waals surface area (Å²) in [7, 11) is 0. The lowest BCUT2D eigenvalue weighted by Gasteiger charge is -2.22. The Balaban J connectivity index is 3.50. The highest BCUT2D eigenvalue weighted by atomic mass is 16.3. The number of hydrogen-bond acceptors (Lipinski definition) is 3. The van der Waals surface area contributed by atoms with Crippen LogP contribution in [0.25, 0.3) is 0 Å². The molecule has 0 heterocycles. The van der Waals surface area contributed by atoms with Crippen LogP contribution in [0.5, 0.6) is 0 Å². The third-order valence-corrected chi connectivity index (χ3v) is 13.9. The van der Waals surface area contributed by atoms with Gasteiger partial charge in [0.25, 0.3) is 0 Å². The second-order valence-electron chi connectivity index (χ2n) is 20.7. The Morgan fingerprint density at radius 1 is 0.357 bits per heavy atom. The van der Waals surface area contributed by atoms with Crippen molar-refractivity contribution < 1.29 is 15.0 Å². The molecular formula is C66H119NO3. The first-order chi connectivity index (χ1) is 34.7. The van der Waals surface area contributed by atoms with Gasteiger partial charge in [0.2, 0.25) is 5.91 Å². The number of amides is 1. The molecule has 0 saturated carbocycles. The highest BCUT2D eigenvalue weighted by Crippen LogP contribution is 2.18. The largest absolute Gasteiger partial charge is 0.394 e. The van der Waals surface area contributed by atoms with Gasteiger partial charge >= 0.3 is 0 Å². The standard InChI is InChI=1S/C66H119NO3/c1-3-5-7-9-11-13-15-17-19-21-23-25-27-29-30-31-32-33-34-35-36-38-40-42-44-46-48-50-52-54-56-58-60-62-66(70)67-64(63-68)65(69)61-59-57-55-53-51-49-47-45-43-41-39-37-28-26-24-22-20-18-16-14-12-10-8-6-4-2/h5,7,11,13,17,19,23,25,29-30,32-33,35-36,64-65,68-69H,3-4,6,8-10,12,14-16,18,20-22,24,26-28,31,34,37-63H2,1-2H3,(H,67,70)/b7-5-,13-11-,19-17-,25-23-,30-29-,33-32-,36-35-. The van der Waals surface area contributed by atoms with Crippen LogP contribution in [-0.4, -0.2) is 34.9 Å². The molecule has 0 aliphatic heterocycles. The second-order valence-corrected chi connectivity index (χ2v) is 20.7. The molecule has 0 spiro atoms. The van der Waals surface area contributed by atoms with Gasteiger partial charge in [0.05, 0.1) is 18.8 Å². The molecule has 0 bridgehead atoms. The Labute approximate surface area is 437 Å². The number of carbonyl (C=O) groups excluding carboxylic acids is 1. The zero-order valence-electron chi connectivity index (χ0n) is 46.8. The second kappa shape index (κ2) is 60.9. The highest BCUT2D eigenvalue weighted by molar-refractivity contribution is 5.76. The topological polar surface area (TPSA) is 69.6 Å². The third kappa shape index (κ3) is 56.5. The molecule has 0 radical (unpaired) electrons. The Morgan fingerprint density at radius 3 is 0.943 bits per heavy atom. The maximum absolute atomic E-state index is 12.5. The molecular weight excluding hydrogens is 855 g/mol. The van der Waals surface area contributed by atoms with Crippen molar-refractivity contribution in [1.82, 2.24) is 5.32 Å². The van der Waals surface area contributed by atoms with Crippen molar-refractivity contribution in [1.29, 1.82) is 0 Å². The van der Waals surface area contributed by atoms with Gasteiger partial charge in [-0.25, -0.2) is 0 Å². The van der Waals surface area contributed by atoms with Gasteiger partial charge in [0, 0.05) is 6.42 Å². The van der Waals surface area contributed by atoms with E-state index in [-0.39, 0.29) is 12.5 Å². The number of aliphatic hydroxyl groups is 2. The van der Waals surface area contributed by atoms with E-state index in [0.29, 0.717) is 12.8 Å². The fourth-order valence-electron chi connectivity index (χ4n) is 9.29. The van der Waals surface area contributed by atoms with Crippen LogP contribution in [0.3, 0.4) is 0 Å². The predicted molar refractivity (Wildman–Crippen MR) is 313 cm³/mol. The third-order valence-electron chi connectivity index (χ3n) is 13.9. The van der Waals surface area contributed by atoms with Gasteiger partial charge in [-0.2, -0.15) is 0 Å². The highest BCUT2D eigenvalue weighted by Gasteiger charge is 2.20. The van der Waals surface area contributed by atoms with Crippen molar-refractivity contribution >= 4 is 5.91 Å². The molecule has 0 aliphatic rings. The van der Waals surface area contributed by atoms with E-state index in [4.69, 9.17) is 0 Å². The molecule has 4 nitrogen and oxygen atoms in total. The maximum atomic E-state index is 12.5. The Kier molecular flexibility index (Phi) is 58.8. The summed E-state index contributed by atoms with van der Waals surface area (Å²) in [5.74, 6) is -0.0340.